The van der Waals surface area contributed by atoms with E-state index in [4.69, 9.17) is 10.5 Å². The topological polar surface area (TPSA) is 95.9 Å². The van der Waals surface area contributed by atoms with Crippen LogP contribution >= 0.6 is 11.3 Å². The van der Waals surface area contributed by atoms with Gasteiger partial charge < -0.3 is 10.5 Å². The quantitative estimate of drug-likeness (QED) is 0.734. The number of hydrogen-bond donors (Lipinski definition) is 1. The van der Waals surface area contributed by atoms with Crippen LogP contribution in [-0.2, 0) is 17.6 Å². The molecule has 0 spiro atoms. The molecule has 0 amide bonds. The fourth-order valence-corrected chi connectivity index (χ4v) is 4.35. The summed E-state index contributed by atoms with van der Waals surface area (Å²) in [4.78, 5) is 23.1. The number of carbonyl (C=O) groups is 1. The number of rotatable bonds is 3. The maximum absolute atomic E-state index is 12.0. The lowest BCUT2D eigenvalue weighted by Crippen LogP contribution is -2.10. The number of nitrogens with zero attached hydrogens (tertiary/aromatic N) is 4. The third kappa shape index (κ3) is 2.25. The van der Waals surface area contributed by atoms with Gasteiger partial charge in [-0.1, -0.05) is 0 Å². The highest BCUT2D eigenvalue weighted by atomic mass is 32.1. The molecule has 1 aliphatic carbocycles. The number of fused-ring (bicyclic) bond motifs is 3. The second-order valence-corrected chi connectivity index (χ2v) is 6.75. The van der Waals surface area contributed by atoms with Gasteiger partial charge in [0.25, 0.3) is 0 Å². The Kier molecular flexibility index (Phi) is 3.68. The molecule has 7 nitrogen and oxygen atoms in total. The molecule has 0 atom stereocenters. The zero-order valence-electron chi connectivity index (χ0n) is 13.3. The predicted molar refractivity (Wildman–Crippen MR) is 91.5 cm³/mol. The number of thiophene rings is 1. The summed E-state index contributed by atoms with van der Waals surface area (Å²) in [7, 11) is 0. The first kappa shape index (κ1) is 15.1. The summed E-state index contributed by atoms with van der Waals surface area (Å²) >= 11 is 1.71. The number of aryl methyl sites for hydroxylation is 2. The Bertz CT molecular complexity index is 930. The molecule has 124 valence electrons. The lowest BCUT2D eigenvalue weighted by molar-refractivity contribution is 0.0527. The van der Waals surface area contributed by atoms with Gasteiger partial charge in [-0.15, -0.1) is 11.3 Å². The summed E-state index contributed by atoms with van der Waals surface area (Å²) < 4.78 is 6.53. The van der Waals surface area contributed by atoms with Crippen LogP contribution in [0.4, 0.5) is 5.82 Å². The van der Waals surface area contributed by atoms with Crippen molar-refractivity contribution in [2.75, 3.05) is 12.3 Å². The monoisotopic (exact) mass is 343 g/mol. The third-order valence-corrected chi connectivity index (χ3v) is 5.43. The molecule has 0 radical (unpaired) electrons. The van der Waals surface area contributed by atoms with Gasteiger partial charge in [0.1, 0.15) is 22.5 Å². The molecule has 24 heavy (non-hydrogen) atoms. The van der Waals surface area contributed by atoms with Gasteiger partial charge in [-0.2, -0.15) is 9.78 Å². The number of nitrogens with two attached hydrogens (primary N) is 1. The van der Waals surface area contributed by atoms with Gasteiger partial charge in [0.2, 0.25) is 0 Å². The minimum absolute atomic E-state index is 0.240. The maximum Gasteiger partial charge on any atom is 0.343 e. The molecule has 0 bridgehead atoms. The third-order valence-electron chi connectivity index (χ3n) is 4.23. The number of aromatic nitrogens is 4. The summed E-state index contributed by atoms with van der Waals surface area (Å²) in [6, 6.07) is 0. The van der Waals surface area contributed by atoms with Crippen LogP contribution < -0.4 is 5.73 Å². The van der Waals surface area contributed by atoms with Crippen LogP contribution in [0.25, 0.3) is 16.0 Å². The van der Waals surface area contributed by atoms with Crippen LogP contribution in [0.15, 0.2) is 12.5 Å². The highest BCUT2D eigenvalue weighted by molar-refractivity contribution is 7.18. The molecular formula is C16H17N5O2S. The summed E-state index contributed by atoms with van der Waals surface area (Å²) in [6.07, 6.45) is 7.42. The van der Waals surface area contributed by atoms with E-state index in [-0.39, 0.29) is 11.4 Å². The van der Waals surface area contributed by atoms with Gasteiger partial charge in [0, 0.05) is 4.88 Å². The van der Waals surface area contributed by atoms with Crippen LogP contribution in [0.3, 0.4) is 0 Å². The molecule has 4 rings (SSSR count). The molecule has 0 fully saturated rings. The Balaban J connectivity index is 1.88. The zero-order valence-corrected chi connectivity index (χ0v) is 14.1. The van der Waals surface area contributed by atoms with Crippen LogP contribution in [0.5, 0.6) is 0 Å². The largest absolute Gasteiger partial charge is 0.462 e. The van der Waals surface area contributed by atoms with Crippen molar-refractivity contribution in [3.05, 3.63) is 28.5 Å². The molecular weight excluding hydrogens is 326 g/mol. The molecule has 0 aliphatic heterocycles. The van der Waals surface area contributed by atoms with Crippen molar-refractivity contribution in [2.45, 2.75) is 32.6 Å². The second-order valence-electron chi connectivity index (χ2n) is 5.66. The summed E-state index contributed by atoms with van der Waals surface area (Å²) in [6.45, 7) is 2.04. The fourth-order valence-electron chi connectivity index (χ4n) is 3.13. The summed E-state index contributed by atoms with van der Waals surface area (Å²) in [5, 5.41) is 5.28. The molecule has 0 aromatic carbocycles. The van der Waals surface area contributed by atoms with Gasteiger partial charge in [-0.3, -0.25) is 0 Å². The van der Waals surface area contributed by atoms with Gasteiger partial charge in [-0.25, -0.2) is 14.8 Å². The number of hydrogen-bond acceptors (Lipinski definition) is 7. The Labute approximate surface area is 142 Å². The van der Waals surface area contributed by atoms with E-state index in [9.17, 15) is 4.79 Å². The summed E-state index contributed by atoms with van der Waals surface area (Å²) in [5.41, 5.74) is 7.70. The number of nitrogen functional groups attached to an aromatic ring is 1. The first-order valence-corrected chi connectivity index (χ1v) is 8.78. The standard InChI is InChI=1S/C16H17N5O2S/c1-2-23-16(22)10-7-20-21(13(10)17)14-12-9-5-3-4-6-11(9)24-15(12)19-8-18-14/h7-8H,2-6,17H2,1H3. The molecule has 3 heterocycles. The highest BCUT2D eigenvalue weighted by Gasteiger charge is 2.24. The summed E-state index contributed by atoms with van der Waals surface area (Å²) in [5.74, 6) is 0.399. The lowest BCUT2D eigenvalue weighted by atomic mass is 9.97. The Hall–Kier alpha value is -2.48. The van der Waals surface area contributed by atoms with E-state index in [0.29, 0.717) is 12.4 Å². The van der Waals surface area contributed by atoms with Crippen molar-refractivity contribution in [3.63, 3.8) is 0 Å². The molecule has 8 heteroatoms. The van der Waals surface area contributed by atoms with Crippen LogP contribution in [0.1, 0.15) is 40.6 Å². The molecule has 2 N–H and O–H groups in total. The van der Waals surface area contributed by atoms with Crippen molar-refractivity contribution >= 4 is 33.3 Å². The van der Waals surface area contributed by atoms with Crippen LogP contribution in [-0.4, -0.2) is 32.3 Å². The van der Waals surface area contributed by atoms with Gasteiger partial charge >= 0.3 is 5.97 Å². The van der Waals surface area contributed by atoms with Crippen molar-refractivity contribution in [1.82, 2.24) is 19.7 Å². The SMILES string of the molecule is CCOC(=O)c1cnn(-c2ncnc3sc4c(c23)CCCC4)c1N. The Morgan fingerprint density at radius 3 is 3.04 bits per heavy atom. The minimum atomic E-state index is -0.473. The fraction of sp³-hybridized carbons (Fsp3) is 0.375. The molecule has 3 aromatic heterocycles. The second kappa shape index (κ2) is 5.86. The van der Waals surface area contributed by atoms with Gasteiger partial charge in [-0.05, 0) is 38.2 Å². The molecule has 0 saturated carbocycles. The van der Waals surface area contributed by atoms with Crippen molar-refractivity contribution in [3.8, 4) is 5.82 Å². The number of esters is 1. The highest BCUT2D eigenvalue weighted by Crippen LogP contribution is 2.38. The number of ether oxygens (including phenoxy) is 1. The molecule has 0 unspecified atom stereocenters. The van der Waals surface area contributed by atoms with Gasteiger partial charge in [0.15, 0.2) is 5.82 Å². The van der Waals surface area contributed by atoms with Crippen LogP contribution in [0.2, 0.25) is 0 Å². The van der Waals surface area contributed by atoms with E-state index in [2.05, 4.69) is 15.1 Å². The average molecular weight is 343 g/mol. The lowest BCUT2D eigenvalue weighted by Gasteiger charge is -2.12. The van der Waals surface area contributed by atoms with E-state index in [1.54, 1.807) is 18.3 Å². The minimum Gasteiger partial charge on any atom is -0.462 e. The smallest absolute Gasteiger partial charge is 0.343 e. The van der Waals surface area contributed by atoms with Crippen LogP contribution in [0, 0.1) is 0 Å². The zero-order chi connectivity index (χ0) is 16.7. The van der Waals surface area contributed by atoms with E-state index in [1.807, 2.05) is 0 Å². The van der Waals surface area contributed by atoms with Crippen molar-refractivity contribution in [1.29, 1.82) is 0 Å². The van der Waals surface area contributed by atoms with Crippen molar-refractivity contribution in [2.24, 2.45) is 0 Å². The number of anilines is 1. The van der Waals surface area contributed by atoms with Crippen molar-refractivity contribution < 1.29 is 9.53 Å². The average Bonchev–Trinajstić information content (AvgIpc) is 3.15. The van der Waals surface area contributed by atoms with Gasteiger partial charge in [0.05, 0.1) is 18.2 Å². The van der Waals surface area contributed by atoms with E-state index < -0.39 is 5.97 Å². The van der Waals surface area contributed by atoms with E-state index in [0.717, 1.165) is 29.5 Å². The van der Waals surface area contributed by atoms with E-state index >= 15 is 0 Å². The Morgan fingerprint density at radius 1 is 1.38 bits per heavy atom. The molecule has 0 saturated heterocycles. The molecule has 1 aliphatic rings. The predicted octanol–water partition coefficient (Wildman–Crippen LogP) is 2.51. The first-order chi connectivity index (χ1) is 11.7. The molecule has 3 aromatic rings. The van der Waals surface area contributed by atoms with E-state index in [1.165, 1.54) is 34.1 Å². The Morgan fingerprint density at radius 2 is 2.21 bits per heavy atom. The number of carbonyl (C=O) groups excluding carboxylic acids is 1. The normalized spacial score (nSPS) is 13.9. The maximum atomic E-state index is 12.0. The first-order valence-electron chi connectivity index (χ1n) is 7.97.